The molecule has 1 nitrogen and oxygen atoms in total. The molecule has 0 amide bonds. The molecule has 0 saturated heterocycles. The zero-order valence-corrected chi connectivity index (χ0v) is 8.05. The summed E-state index contributed by atoms with van der Waals surface area (Å²) in [6.45, 7) is 3.08. The van der Waals surface area contributed by atoms with Crippen molar-refractivity contribution in [2.45, 2.75) is 19.4 Å². The van der Waals surface area contributed by atoms with Crippen LogP contribution in [0.15, 0.2) is 18.2 Å². The first-order valence-corrected chi connectivity index (χ1v) is 4.67. The van der Waals surface area contributed by atoms with Gasteiger partial charge in [0.2, 0.25) is 0 Å². The summed E-state index contributed by atoms with van der Waals surface area (Å²) in [5.41, 5.74) is 2.06. The molecular weight excluding hydrogens is 165 g/mol. The minimum Gasteiger partial charge on any atom is -0.299 e. The number of fused-ring (bicyclic) bond motifs is 1. The second-order valence-electron chi connectivity index (χ2n) is 3.72. The second kappa shape index (κ2) is 3.11. The van der Waals surface area contributed by atoms with E-state index in [-0.39, 0.29) is 11.9 Å². The van der Waals surface area contributed by atoms with Crippen LogP contribution in [0.25, 0.3) is 0 Å². The third-order valence-corrected chi connectivity index (χ3v) is 2.96. The van der Waals surface area contributed by atoms with Crippen molar-refractivity contribution in [3.8, 4) is 0 Å². The molecule has 2 heteroatoms. The van der Waals surface area contributed by atoms with E-state index in [2.05, 4.69) is 11.8 Å². The second-order valence-corrected chi connectivity index (χ2v) is 3.72. The Morgan fingerprint density at radius 3 is 3.00 bits per heavy atom. The monoisotopic (exact) mass is 179 g/mol. The summed E-state index contributed by atoms with van der Waals surface area (Å²) in [5.74, 6) is -0.0587. The minimum absolute atomic E-state index is 0.0587. The summed E-state index contributed by atoms with van der Waals surface area (Å²) in [4.78, 5) is 2.19. The van der Waals surface area contributed by atoms with E-state index < -0.39 is 0 Å². The Bertz CT molecular complexity index is 322. The average molecular weight is 179 g/mol. The molecule has 1 aliphatic heterocycles. The summed E-state index contributed by atoms with van der Waals surface area (Å²) >= 11 is 0. The van der Waals surface area contributed by atoms with Crippen LogP contribution in [0, 0.1) is 5.82 Å². The molecule has 0 spiro atoms. The van der Waals surface area contributed by atoms with Crippen molar-refractivity contribution < 1.29 is 4.39 Å². The van der Waals surface area contributed by atoms with Crippen LogP contribution in [0.2, 0.25) is 0 Å². The molecule has 1 aliphatic rings. The number of hydrogen-bond acceptors (Lipinski definition) is 1. The van der Waals surface area contributed by atoms with Crippen LogP contribution in [-0.4, -0.2) is 18.5 Å². The van der Waals surface area contributed by atoms with Gasteiger partial charge in [-0.05, 0) is 32.0 Å². The Labute approximate surface area is 78.2 Å². The molecule has 0 aromatic heterocycles. The van der Waals surface area contributed by atoms with E-state index in [4.69, 9.17) is 0 Å². The van der Waals surface area contributed by atoms with Gasteiger partial charge in [-0.2, -0.15) is 0 Å². The lowest BCUT2D eigenvalue weighted by Crippen LogP contribution is -2.31. The van der Waals surface area contributed by atoms with E-state index in [1.807, 2.05) is 13.1 Å². The molecule has 70 valence electrons. The maximum atomic E-state index is 13.5. The zero-order valence-electron chi connectivity index (χ0n) is 8.05. The largest absolute Gasteiger partial charge is 0.299 e. The van der Waals surface area contributed by atoms with Crippen molar-refractivity contribution in [1.82, 2.24) is 4.90 Å². The van der Waals surface area contributed by atoms with Gasteiger partial charge in [0.25, 0.3) is 0 Å². The molecule has 2 rings (SSSR count). The molecule has 0 N–H and O–H groups in total. The lowest BCUT2D eigenvalue weighted by atomic mass is 9.93. The summed E-state index contributed by atoms with van der Waals surface area (Å²) in [6.07, 6.45) is 0.966. The van der Waals surface area contributed by atoms with E-state index in [1.54, 1.807) is 12.1 Å². The van der Waals surface area contributed by atoms with Crippen LogP contribution in [0.5, 0.6) is 0 Å². The lowest BCUT2D eigenvalue weighted by Gasteiger charge is -2.32. The number of nitrogens with zero attached hydrogens (tertiary/aromatic N) is 1. The van der Waals surface area contributed by atoms with E-state index >= 15 is 0 Å². The van der Waals surface area contributed by atoms with Crippen molar-refractivity contribution in [3.63, 3.8) is 0 Å². The molecule has 0 radical (unpaired) electrons. The fourth-order valence-corrected chi connectivity index (χ4v) is 1.98. The predicted octanol–water partition coefficient (Wildman–Crippen LogP) is 2.37. The van der Waals surface area contributed by atoms with Crippen LogP contribution in [-0.2, 0) is 6.42 Å². The van der Waals surface area contributed by atoms with Gasteiger partial charge >= 0.3 is 0 Å². The van der Waals surface area contributed by atoms with Gasteiger partial charge < -0.3 is 0 Å². The van der Waals surface area contributed by atoms with Crippen molar-refractivity contribution in [1.29, 1.82) is 0 Å². The van der Waals surface area contributed by atoms with Gasteiger partial charge in [0, 0.05) is 18.2 Å². The van der Waals surface area contributed by atoms with Crippen LogP contribution in [0.1, 0.15) is 24.1 Å². The average Bonchev–Trinajstić information content (AvgIpc) is 2.12. The molecule has 1 atom stereocenters. The van der Waals surface area contributed by atoms with Crippen LogP contribution < -0.4 is 0 Å². The molecule has 0 fully saturated rings. The molecule has 0 bridgehead atoms. The highest BCUT2D eigenvalue weighted by Crippen LogP contribution is 2.29. The first kappa shape index (κ1) is 8.70. The highest BCUT2D eigenvalue weighted by atomic mass is 19.1. The minimum atomic E-state index is -0.0587. The fourth-order valence-electron chi connectivity index (χ4n) is 1.98. The molecule has 0 saturated carbocycles. The molecule has 0 aliphatic carbocycles. The van der Waals surface area contributed by atoms with Gasteiger partial charge in [-0.15, -0.1) is 0 Å². The molecule has 1 unspecified atom stereocenters. The maximum Gasteiger partial charge on any atom is 0.128 e. The number of hydrogen-bond donors (Lipinski definition) is 0. The molecule has 1 heterocycles. The Hall–Kier alpha value is -0.890. The van der Waals surface area contributed by atoms with Gasteiger partial charge in [-0.1, -0.05) is 12.1 Å². The van der Waals surface area contributed by atoms with Gasteiger partial charge in [-0.3, -0.25) is 4.90 Å². The number of benzene rings is 1. The third-order valence-electron chi connectivity index (χ3n) is 2.96. The number of halogens is 1. The standard InChI is InChI=1S/C11H14FN/c1-8-11-9(6-7-13(8)2)4-3-5-10(11)12/h3-5,8H,6-7H2,1-2H3. The van der Waals surface area contributed by atoms with Crippen molar-refractivity contribution in [3.05, 3.63) is 35.1 Å². The Morgan fingerprint density at radius 2 is 2.23 bits per heavy atom. The number of rotatable bonds is 0. The van der Waals surface area contributed by atoms with E-state index in [1.165, 1.54) is 5.56 Å². The number of likely N-dealkylation sites (N-methyl/N-ethyl adjacent to an activating group) is 1. The quantitative estimate of drug-likeness (QED) is 0.591. The van der Waals surface area contributed by atoms with Crippen molar-refractivity contribution in [2.75, 3.05) is 13.6 Å². The van der Waals surface area contributed by atoms with Gasteiger partial charge in [0.15, 0.2) is 0 Å². The van der Waals surface area contributed by atoms with E-state index in [0.717, 1.165) is 18.5 Å². The smallest absolute Gasteiger partial charge is 0.128 e. The zero-order chi connectivity index (χ0) is 9.42. The summed E-state index contributed by atoms with van der Waals surface area (Å²) in [7, 11) is 2.04. The van der Waals surface area contributed by atoms with Crippen LogP contribution >= 0.6 is 0 Å². The Morgan fingerprint density at radius 1 is 1.46 bits per heavy atom. The third kappa shape index (κ3) is 1.35. The topological polar surface area (TPSA) is 3.24 Å². The molecule has 1 aromatic carbocycles. The van der Waals surface area contributed by atoms with E-state index in [0.29, 0.717) is 0 Å². The van der Waals surface area contributed by atoms with Crippen molar-refractivity contribution >= 4 is 0 Å². The highest BCUT2D eigenvalue weighted by Gasteiger charge is 2.23. The maximum absolute atomic E-state index is 13.5. The summed E-state index contributed by atoms with van der Waals surface area (Å²) in [6, 6.07) is 5.59. The van der Waals surface area contributed by atoms with Crippen LogP contribution in [0.4, 0.5) is 4.39 Å². The Kier molecular flexibility index (Phi) is 2.08. The fraction of sp³-hybridized carbons (Fsp3) is 0.455. The van der Waals surface area contributed by atoms with Crippen LogP contribution in [0.3, 0.4) is 0 Å². The molecule has 13 heavy (non-hydrogen) atoms. The molecule has 1 aromatic rings. The summed E-state index contributed by atoms with van der Waals surface area (Å²) in [5, 5.41) is 0. The Balaban J connectivity index is 2.51. The van der Waals surface area contributed by atoms with E-state index in [9.17, 15) is 4.39 Å². The van der Waals surface area contributed by atoms with Gasteiger partial charge in [0.05, 0.1) is 0 Å². The molecular formula is C11H14FN. The predicted molar refractivity (Wildman–Crippen MR) is 51.1 cm³/mol. The van der Waals surface area contributed by atoms with Gasteiger partial charge in [0.1, 0.15) is 5.82 Å². The SMILES string of the molecule is CC1c2c(F)cccc2CCN1C. The normalized spacial score (nSPS) is 22.8. The summed E-state index contributed by atoms with van der Waals surface area (Å²) < 4.78 is 13.5. The lowest BCUT2D eigenvalue weighted by molar-refractivity contribution is 0.241. The van der Waals surface area contributed by atoms with Crippen molar-refractivity contribution in [2.24, 2.45) is 0 Å². The highest BCUT2D eigenvalue weighted by molar-refractivity contribution is 5.33. The van der Waals surface area contributed by atoms with Gasteiger partial charge in [-0.25, -0.2) is 4.39 Å². The first-order chi connectivity index (χ1) is 6.20. The first-order valence-electron chi connectivity index (χ1n) is 4.67.